The zero-order valence-corrected chi connectivity index (χ0v) is 18.0. The van der Waals surface area contributed by atoms with E-state index in [0.29, 0.717) is 6.61 Å². The van der Waals surface area contributed by atoms with Gasteiger partial charge in [0.15, 0.2) is 0 Å². The molecule has 27 heavy (non-hydrogen) atoms. The molecular weight excluding hydrogens is 424 g/mol. The molecule has 1 aliphatic heterocycles. The molecule has 0 amide bonds. The normalized spacial score (nSPS) is 22.7. The van der Waals surface area contributed by atoms with Crippen molar-refractivity contribution in [2.45, 2.75) is 19.3 Å². The summed E-state index contributed by atoms with van der Waals surface area (Å²) in [6.07, 6.45) is 1.31. The van der Waals surface area contributed by atoms with Crippen molar-refractivity contribution in [3.8, 4) is 5.75 Å². The molecule has 5 heteroatoms. The van der Waals surface area contributed by atoms with E-state index in [1.165, 1.54) is 24.2 Å². The predicted molar refractivity (Wildman–Crippen MR) is 116 cm³/mol. The fraction of sp³-hybridized carbons (Fsp3) is 0.455. The zero-order valence-electron chi connectivity index (χ0n) is 15.7. The van der Waals surface area contributed by atoms with Gasteiger partial charge in [-0.25, -0.2) is 0 Å². The van der Waals surface area contributed by atoms with Crippen LogP contribution in [0.15, 0.2) is 46.9 Å². The van der Waals surface area contributed by atoms with Crippen molar-refractivity contribution in [2.75, 3.05) is 44.2 Å². The Bertz CT molecular complexity index is 774. The Morgan fingerprint density at radius 3 is 2.52 bits per heavy atom. The minimum absolute atomic E-state index is 0.687. The highest BCUT2D eigenvalue weighted by Gasteiger charge is 2.39. The largest absolute Gasteiger partial charge is 0.493 e. The van der Waals surface area contributed by atoms with Crippen LogP contribution in [-0.4, -0.2) is 44.2 Å². The van der Waals surface area contributed by atoms with Gasteiger partial charge in [0.05, 0.1) is 11.1 Å². The molecule has 0 bridgehead atoms. The summed E-state index contributed by atoms with van der Waals surface area (Å²) in [4.78, 5) is 5.09. The number of hydrogen-bond donors (Lipinski definition) is 0. The number of halogens is 2. The summed E-state index contributed by atoms with van der Waals surface area (Å²) >= 11 is 9.57. The second-order valence-electron chi connectivity index (χ2n) is 7.49. The Morgan fingerprint density at radius 1 is 1.07 bits per heavy atom. The SMILES string of the molecule is CCOc1cc(N2CCN(C[C@@H]3C[C@H]3c3ccc(Cl)cc3)CC2)ccc1Br. The van der Waals surface area contributed by atoms with Crippen LogP contribution < -0.4 is 9.64 Å². The van der Waals surface area contributed by atoms with Crippen molar-refractivity contribution in [2.24, 2.45) is 5.92 Å². The van der Waals surface area contributed by atoms with Gasteiger partial charge in [-0.15, -0.1) is 0 Å². The first kappa shape index (κ1) is 19.1. The van der Waals surface area contributed by atoms with Crippen LogP contribution in [0.1, 0.15) is 24.8 Å². The minimum Gasteiger partial charge on any atom is -0.493 e. The average Bonchev–Trinajstić information content (AvgIpc) is 3.44. The summed E-state index contributed by atoms with van der Waals surface area (Å²) in [5, 5.41) is 0.826. The Labute approximate surface area is 175 Å². The van der Waals surface area contributed by atoms with Gasteiger partial charge in [-0.05, 0) is 70.9 Å². The number of nitrogens with zero attached hydrogens (tertiary/aromatic N) is 2. The van der Waals surface area contributed by atoms with Crippen molar-refractivity contribution in [1.29, 1.82) is 0 Å². The molecule has 1 saturated heterocycles. The number of anilines is 1. The number of rotatable bonds is 6. The fourth-order valence-electron chi connectivity index (χ4n) is 4.04. The molecule has 2 fully saturated rings. The third-order valence-corrected chi connectivity index (χ3v) is 6.57. The van der Waals surface area contributed by atoms with Gasteiger partial charge in [-0.1, -0.05) is 23.7 Å². The van der Waals surface area contributed by atoms with Crippen LogP contribution in [0.4, 0.5) is 5.69 Å². The standard InChI is InChI=1S/C22H26BrClN2O/c1-2-27-22-14-19(7-8-21(22)23)26-11-9-25(10-12-26)15-17-13-20(17)16-3-5-18(24)6-4-16/h3-8,14,17,20H,2,9-13,15H2,1H3/t17-,20-/m0/s1. The fourth-order valence-corrected chi connectivity index (χ4v) is 4.53. The Morgan fingerprint density at radius 2 is 1.81 bits per heavy atom. The van der Waals surface area contributed by atoms with E-state index in [-0.39, 0.29) is 0 Å². The van der Waals surface area contributed by atoms with E-state index in [0.717, 1.165) is 53.3 Å². The van der Waals surface area contributed by atoms with Crippen LogP contribution in [0.2, 0.25) is 5.02 Å². The first-order valence-electron chi connectivity index (χ1n) is 9.79. The van der Waals surface area contributed by atoms with Gasteiger partial charge in [0.25, 0.3) is 0 Å². The van der Waals surface area contributed by atoms with Gasteiger partial charge < -0.3 is 9.64 Å². The summed E-state index contributed by atoms with van der Waals surface area (Å²) in [7, 11) is 0. The molecule has 1 heterocycles. The second kappa shape index (κ2) is 8.42. The topological polar surface area (TPSA) is 15.7 Å². The Balaban J connectivity index is 1.28. The molecule has 2 aromatic rings. The van der Waals surface area contributed by atoms with E-state index in [1.807, 2.05) is 19.1 Å². The van der Waals surface area contributed by atoms with Gasteiger partial charge in [-0.2, -0.15) is 0 Å². The molecule has 2 aliphatic rings. The highest BCUT2D eigenvalue weighted by Crippen LogP contribution is 2.48. The second-order valence-corrected chi connectivity index (χ2v) is 8.78. The van der Waals surface area contributed by atoms with Crippen molar-refractivity contribution in [3.05, 3.63) is 57.5 Å². The maximum Gasteiger partial charge on any atom is 0.135 e. The third kappa shape index (κ3) is 4.61. The van der Waals surface area contributed by atoms with Gasteiger partial charge in [-0.3, -0.25) is 4.90 Å². The maximum absolute atomic E-state index is 6.01. The molecule has 0 radical (unpaired) electrons. The zero-order chi connectivity index (χ0) is 18.8. The van der Waals surface area contributed by atoms with E-state index >= 15 is 0 Å². The van der Waals surface area contributed by atoms with Gasteiger partial charge >= 0.3 is 0 Å². The van der Waals surface area contributed by atoms with Gasteiger partial charge in [0, 0.05) is 49.5 Å². The summed E-state index contributed by atoms with van der Waals surface area (Å²) in [6, 6.07) is 14.8. The lowest BCUT2D eigenvalue weighted by molar-refractivity contribution is 0.246. The van der Waals surface area contributed by atoms with Crippen LogP contribution in [-0.2, 0) is 0 Å². The van der Waals surface area contributed by atoms with E-state index in [4.69, 9.17) is 16.3 Å². The summed E-state index contributed by atoms with van der Waals surface area (Å²) < 4.78 is 6.74. The van der Waals surface area contributed by atoms with Crippen LogP contribution in [0.5, 0.6) is 5.75 Å². The Hall–Kier alpha value is -1.23. The van der Waals surface area contributed by atoms with Crippen LogP contribution in [0.25, 0.3) is 0 Å². The summed E-state index contributed by atoms with van der Waals surface area (Å²) in [5.41, 5.74) is 2.70. The number of hydrogen-bond acceptors (Lipinski definition) is 3. The summed E-state index contributed by atoms with van der Waals surface area (Å²) in [6.45, 7) is 8.33. The molecule has 4 rings (SSSR count). The molecule has 2 atom stereocenters. The monoisotopic (exact) mass is 448 g/mol. The third-order valence-electron chi connectivity index (χ3n) is 5.67. The van der Waals surface area contributed by atoms with Crippen LogP contribution >= 0.6 is 27.5 Å². The minimum atomic E-state index is 0.687. The van der Waals surface area contributed by atoms with Gasteiger partial charge in [0.1, 0.15) is 5.75 Å². The van der Waals surface area contributed by atoms with Gasteiger partial charge in [0.2, 0.25) is 0 Å². The molecule has 0 spiro atoms. The van der Waals surface area contributed by atoms with E-state index in [2.05, 4.69) is 56.1 Å². The molecule has 1 saturated carbocycles. The first-order chi connectivity index (χ1) is 13.1. The Kier molecular flexibility index (Phi) is 5.96. The van der Waals surface area contributed by atoms with Crippen LogP contribution in [0, 0.1) is 5.92 Å². The number of benzene rings is 2. The molecule has 0 N–H and O–H groups in total. The van der Waals surface area contributed by atoms with E-state index in [9.17, 15) is 0 Å². The molecule has 0 unspecified atom stereocenters. The lowest BCUT2D eigenvalue weighted by Crippen LogP contribution is -2.47. The number of ether oxygens (including phenoxy) is 1. The number of piperazine rings is 1. The average molecular weight is 450 g/mol. The predicted octanol–water partition coefficient (Wildman–Crippen LogP) is 5.43. The molecule has 2 aromatic carbocycles. The molecule has 0 aromatic heterocycles. The van der Waals surface area contributed by atoms with E-state index < -0.39 is 0 Å². The van der Waals surface area contributed by atoms with Crippen molar-refractivity contribution < 1.29 is 4.74 Å². The summed E-state index contributed by atoms with van der Waals surface area (Å²) in [5.74, 6) is 2.46. The first-order valence-corrected chi connectivity index (χ1v) is 11.0. The van der Waals surface area contributed by atoms with Crippen molar-refractivity contribution >= 4 is 33.2 Å². The molecule has 3 nitrogen and oxygen atoms in total. The molecular formula is C22H26BrClN2O. The molecule has 144 valence electrons. The van der Waals surface area contributed by atoms with E-state index in [1.54, 1.807) is 0 Å². The molecule has 1 aliphatic carbocycles. The quantitative estimate of drug-likeness (QED) is 0.585. The lowest BCUT2D eigenvalue weighted by atomic mass is 10.1. The van der Waals surface area contributed by atoms with Crippen LogP contribution in [0.3, 0.4) is 0 Å². The highest BCUT2D eigenvalue weighted by molar-refractivity contribution is 9.10. The maximum atomic E-state index is 6.01. The smallest absolute Gasteiger partial charge is 0.135 e. The van der Waals surface area contributed by atoms with Crippen molar-refractivity contribution in [1.82, 2.24) is 4.90 Å². The van der Waals surface area contributed by atoms with Crippen molar-refractivity contribution in [3.63, 3.8) is 0 Å². The lowest BCUT2D eigenvalue weighted by Gasteiger charge is -2.36. The highest BCUT2D eigenvalue weighted by atomic mass is 79.9.